The predicted octanol–water partition coefficient (Wildman–Crippen LogP) is 4.13. The minimum absolute atomic E-state index is 0.152. The Morgan fingerprint density at radius 2 is 2.12 bits per heavy atom. The normalized spacial score (nSPS) is 21.8. The Hall–Kier alpha value is -3.00. The molecule has 0 N–H and O–H groups in total. The maximum atomic E-state index is 13.7. The summed E-state index contributed by atoms with van der Waals surface area (Å²) in [7, 11) is 1.85. The van der Waals surface area contributed by atoms with Gasteiger partial charge in [-0.25, -0.2) is 9.24 Å². The van der Waals surface area contributed by atoms with Crippen molar-refractivity contribution in [2.75, 3.05) is 0 Å². The minimum Gasteiger partial charge on any atom is -0.303 e. The Kier molecular flexibility index (Phi) is 3.48. The summed E-state index contributed by atoms with van der Waals surface area (Å²) < 4.78 is 15.5. The van der Waals surface area contributed by atoms with Gasteiger partial charge in [-0.05, 0) is 50.0 Å². The first-order chi connectivity index (χ1) is 12.4. The summed E-state index contributed by atoms with van der Waals surface area (Å²) in [4.78, 5) is 15.8. The fourth-order valence-corrected chi connectivity index (χ4v) is 4.36. The highest BCUT2D eigenvalue weighted by Gasteiger charge is 2.44. The van der Waals surface area contributed by atoms with Crippen molar-refractivity contribution in [2.24, 2.45) is 7.05 Å². The highest BCUT2D eigenvalue weighted by molar-refractivity contribution is 6.11. The van der Waals surface area contributed by atoms with Gasteiger partial charge in [0.05, 0.1) is 18.0 Å². The minimum atomic E-state index is -0.575. The molecule has 4 nitrogen and oxygen atoms in total. The number of hydrogen-bond donors (Lipinski definition) is 0. The quantitative estimate of drug-likeness (QED) is 0.728. The van der Waals surface area contributed by atoms with Crippen LogP contribution in [0.15, 0.2) is 47.2 Å². The summed E-state index contributed by atoms with van der Waals surface area (Å²) in [6.07, 6.45) is 3.23. The van der Waals surface area contributed by atoms with E-state index in [-0.39, 0.29) is 17.3 Å². The van der Waals surface area contributed by atoms with Gasteiger partial charge in [0.25, 0.3) is 0 Å². The van der Waals surface area contributed by atoms with Gasteiger partial charge in [0.2, 0.25) is 5.70 Å². The fraction of sp³-hybridized carbons (Fsp3) is 0.286. The van der Waals surface area contributed by atoms with Gasteiger partial charge < -0.3 is 4.79 Å². The first-order valence-electron chi connectivity index (χ1n) is 8.54. The molecule has 0 spiro atoms. The number of allylic oxidation sites excluding steroid dienone is 3. The van der Waals surface area contributed by atoms with Gasteiger partial charge >= 0.3 is 0 Å². The summed E-state index contributed by atoms with van der Waals surface area (Å²) in [6, 6.07) is 6.51. The van der Waals surface area contributed by atoms with Gasteiger partial charge in [0, 0.05) is 23.6 Å². The molecule has 0 unspecified atom stereocenters. The second kappa shape index (κ2) is 5.50. The van der Waals surface area contributed by atoms with Crippen LogP contribution in [0.3, 0.4) is 0 Å². The number of rotatable bonds is 1. The number of hydrogen-bond acceptors (Lipinski definition) is 2. The number of aryl methyl sites for hydroxylation is 1. The molecule has 0 fully saturated rings. The van der Waals surface area contributed by atoms with Gasteiger partial charge in [-0.1, -0.05) is 18.2 Å². The lowest BCUT2D eigenvalue weighted by atomic mass is 9.65. The molecule has 1 atom stereocenters. The lowest BCUT2D eigenvalue weighted by molar-refractivity contribution is -0.112. The standard InChI is InChI=1S/C21H18FN3O/c1-12-16-9-8-15-18(13-6-5-7-14(22)10-13)25(4)24-20(15)21(16,2)11-17(23-3)19(12)26/h5-7,10-11H,8-9H2,1-2,4H3/t21-/m0/s1. The van der Waals surface area contributed by atoms with Gasteiger partial charge in [0.15, 0.2) is 5.78 Å². The van der Waals surface area contributed by atoms with E-state index in [1.54, 1.807) is 23.7 Å². The van der Waals surface area contributed by atoms with E-state index in [2.05, 4.69) is 4.85 Å². The van der Waals surface area contributed by atoms with Gasteiger partial charge in [-0.15, -0.1) is 0 Å². The number of halogens is 1. The molecule has 5 heteroatoms. The molecule has 2 aliphatic carbocycles. The predicted molar refractivity (Wildman–Crippen MR) is 96.7 cm³/mol. The Morgan fingerprint density at radius 3 is 2.81 bits per heavy atom. The molecule has 0 aliphatic heterocycles. The molecule has 0 amide bonds. The van der Waals surface area contributed by atoms with E-state index in [4.69, 9.17) is 11.7 Å². The van der Waals surface area contributed by atoms with E-state index in [9.17, 15) is 9.18 Å². The third-order valence-corrected chi connectivity index (χ3v) is 5.56. The number of carbonyl (C=O) groups excluding carboxylic acids is 1. The Bertz CT molecular complexity index is 1070. The maximum Gasteiger partial charge on any atom is 0.231 e. The lowest BCUT2D eigenvalue weighted by Gasteiger charge is -2.37. The molecule has 1 aromatic carbocycles. The number of aromatic nitrogens is 2. The van der Waals surface area contributed by atoms with Crippen LogP contribution in [0, 0.1) is 12.4 Å². The molecule has 0 saturated carbocycles. The molecule has 0 bridgehead atoms. The number of benzene rings is 1. The van der Waals surface area contributed by atoms with Crippen molar-refractivity contribution in [3.63, 3.8) is 0 Å². The van der Waals surface area contributed by atoms with Crippen LogP contribution in [0.5, 0.6) is 0 Å². The van der Waals surface area contributed by atoms with Crippen molar-refractivity contribution in [1.29, 1.82) is 0 Å². The van der Waals surface area contributed by atoms with Crippen LogP contribution in [0.1, 0.15) is 31.5 Å². The van der Waals surface area contributed by atoms with Crippen LogP contribution >= 0.6 is 0 Å². The molecule has 4 rings (SSSR count). The van der Waals surface area contributed by atoms with E-state index in [1.807, 2.05) is 20.0 Å². The zero-order valence-corrected chi connectivity index (χ0v) is 14.9. The molecule has 2 aliphatic rings. The maximum absolute atomic E-state index is 13.7. The topological polar surface area (TPSA) is 39.2 Å². The molecule has 0 saturated heterocycles. The third-order valence-electron chi connectivity index (χ3n) is 5.56. The lowest BCUT2D eigenvalue weighted by Crippen LogP contribution is -2.34. The zero-order chi connectivity index (χ0) is 18.6. The van der Waals surface area contributed by atoms with Crippen LogP contribution in [0.4, 0.5) is 4.39 Å². The third kappa shape index (κ3) is 2.12. The van der Waals surface area contributed by atoms with E-state index >= 15 is 0 Å². The molecule has 1 aromatic heterocycles. The first kappa shape index (κ1) is 16.5. The van der Waals surface area contributed by atoms with Crippen molar-refractivity contribution in [3.8, 4) is 11.3 Å². The van der Waals surface area contributed by atoms with Crippen molar-refractivity contribution < 1.29 is 9.18 Å². The SMILES string of the molecule is [C-]#[N+]C1=C[C@@]2(C)C(=C(C)C1=O)CCc1c2nn(C)c1-c1cccc(F)c1. The van der Waals surface area contributed by atoms with Crippen LogP contribution in [-0.2, 0) is 23.7 Å². The van der Waals surface area contributed by atoms with E-state index < -0.39 is 5.41 Å². The van der Waals surface area contributed by atoms with E-state index in [1.165, 1.54) is 12.1 Å². The molecule has 0 radical (unpaired) electrons. The second-order valence-corrected chi connectivity index (χ2v) is 7.09. The monoisotopic (exact) mass is 347 g/mol. The van der Waals surface area contributed by atoms with Crippen LogP contribution < -0.4 is 0 Å². The van der Waals surface area contributed by atoms with Gasteiger partial charge in [0.1, 0.15) is 5.82 Å². The van der Waals surface area contributed by atoms with Crippen LogP contribution in [-0.4, -0.2) is 15.6 Å². The Labute approximate surface area is 151 Å². The summed E-state index contributed by atoms with van der Waals surface area (Å²) in [5.74, 6) is -0.466. The van der Waals surface area contributed by atoms with Gasteiger partial charge in [-0.2, -0.15) is 5.10 Å². The summed E-state index contributed by atoms with van der Waals surface area (Å²) >= 11 is 0. The zero-order valence-electron chi connectivity index (χ0n) is 14.9. The molecule has 26 heavy (non-hydrogen) atoms. The second-order valence-electron chi connectivity index (χ2n) is 7.09. The van der Waals surface area contributed by atoms with Crippen molar-refractivity contribution >= 4 is 5.78 Å². The molecular formula is C21H18FN3O. The average Bonchev–Trinajstić information content (AvgIpc) is 2.95. The highest BCUT2D eigenvalue weighted by Crippen LogP contribution is 2.48. The number of fused-ring (bicyclic) bond motifs is 3. The van der Waals surface area contributed by atoms with E-state index in [0.29, 0.717) is 5.57 Å². The Balaban J connectivity index is 1.98. The summed E-state index contributed by atoms with van der Waals surface area (Å²) in [5, 5.41) is 4.74. The number of nitrogens with zero attached hydrogens (tertiary/aromatic N) is 3. The smallest absolute Gasteiger partial charge is 0.231 e. The number of ketones is 1. The molecule has 2 aromatic rings. The van der Waals surface area contributed by atoms with Crippen LogP contribution in [0.25, 0.3) is 16.1 Å². The van der Waals surface area contributed by atoms with Crippen molar-refractivity contribution in [3.05, 3.63) is 75.7 Å². The number of Topliss-reactive ketones (excluding diaryl/α,β-unsaturated/α-hetero) is 1. The molecule has 130 valence electrons. The van der Waals surface area contributed by atoms with Crippen molar-refractivity contribution in [1.82, 2.24) is 9.78 Å². The number of carbonyl (C=O) groups is 1. The fourth-order valence-electron chi connectivity index (χ4n) is 4.36. The first-order valence-corrected chi connectivity index (χ1v) is 8.54. The van der Waals surface area contributed by atoms with Crippen LogP contribution in [0.2, 0.25) is 0 Å². The largest absolute Gasteiger partial charge is 0.303 e. The molecule has 1 heterocycles. The molecular weight excluding hydrogens is 329 g/mol. The highest BCUT2D eigenvalue weighted by atomic mass is 19.1. The van der Waals surface area contributed by atoms with Crippen molar-refractivity contribution in [2.45, 2.75) is 32.1 Å². The summed E-state index contributed by atoms with van der Waals surface area (Å²) in [6.45, 7) is 11.2. The summed E-state index contributed by atoms with van der Waals surface area (Å²) in [5.41, 5.74) is 4.87. The van der Waals surface area contributed by atoms with Gasteiger partial charge in [-0.3, -0.25) is 4.68 Å². The average molecular weight is 347 g/mol. The Morgan fingerprint density at radius 1 is 1.35 bits per heavy atom. The van der Waals surface area contributed by atoms with E-state index in [0.717, 1.165) is 40.9 Å².